The molecule has 0 bridgehead atoms. The second kappa shape index (κ2) is 7.71. The number of halogens is 1. The number of aliphatic hydroxyl groups is 1. The van der Waals surface area contributed by atoms with Crippen LogP contribution in [0.1, 0.15) is 34.1 Å². The molecule has 1 aromatic heterocycles. The molecule has 3 rings (SSSR count). The van der Waals surface area contributed by atoms with Gasteiger partial charge in [0.2, 0.25) is 5.89 Å². The van der Waals surface area contributed by atoms with E-state index < -0.39 is 6.17 Å². The first-order chi connectivity index (χ1) is 12.0. The Kier molecular flexibility index (Phi) is 5.40. The molecule has 1 saturated heterocycles. The summed E-state index contributed by atoms with van der Waals surface area (Å²) in [7, 11) is 0. The lowest BCUT2D eigenvalue weighted by Crippen LogP contribution is -2.40. The smallest absolute Gasteiger partial charge is 0.251 e. The number of aryl methyl sites for hydroxylation is 1. The van der Waals surface area contributed by atoms with E-state index in [0.717, 1.165) is 0 Å². The molecule has 2 atom stereocenters. The molecular weight excluding hydrogens is 327 g/mol. The van der Waals surface area contributed by atoms with Gasteiger partial charge in [-0.15, -0.1) is 0 Å². The third kappa shape index (κ3) is 4.40. The summed E-state index contributed by atoms with van der Waals surface area (Å²) in [5.41, 5.74) is 1.15. The predicted molar refractivity (Wildman–Crippen MR) is 87.4 cm³/mol. The minimum atomic E-state index is -0.937. The number of alkyl halides is 1. The molecule has 0 aliphatic carbocycles. The summed E-state index contributed by atoms with van der Waals surface area (Å²) in [5.74, 6) is 0.742. The van der Waals surface area contributed by atoms with Crippen LogP contribution in [0, 0.1) is 6.92 Å². The van der Waals surface area contributed by atoms with Crippen molar-refractivity contribution in [3.8, 4) is 0 Å². The Bertz CT molecular complexity index is 736. The van der Waals surface area contributed by atoms with Gasteiger partial charge in [-0.2, -0.15) is 4.98 Å². The number of likely N-dealkylation sites (tertiary alicyclic amines) is 1. The molecule has 1 amide bonds. The van der Waals surface area contributed by atoms with Gasteiger partial charge >= 0.3 is 0 Å². The second-order valence-corrected chi connectivity index (χ2v) is 6.21. The van der Waals surface area contributed by atoms with E-state index in [0.29, 0.717) is 42.4 Å². The molecule has 1 aromatic carbocycles. The molecule has 8 heteroatoms. The zero-order chi connectivity index (χ0) is 17.8. The Morgan fingerprint density at radius 3 is 3.08 bits per heavy atom. The van der Waals surface area contributed by atoms with Gasteiger partial charge in [0.15, 0.2) is 5.82 Å². The van der Waals surface area contributed by atoms with Crippen LogP contribution in [-0.4, -0.2) is 51.4 Å². The number of aliphatic hydroxyl groups excluding tert-OH is 1. The molecule has 0 unspecified atom stereocenters. The van der Waals surface area contributed by atoms with Gasteiger partial charge in [0.05, 0.1) is 13.2 Å². The number of benzene rings is 1. The fraction of sp³-hybridized carbons (Fsp3) is 0.471. The topological polar surface area (TPSA) is 91.5 Å². The molecule has 1 fully saturated rings. The van der Waals surface area contributed by atoms with Crippen LogP contribution in [0.15, 0.2) is 28.8 Å². The van der Waals surface area contributed by atoms with Gasteiger partial charge < -0.3 is 14.9 Å². The van der Waals surface area contributed by atoms with Crippen LogP contribution >= 0.6 is 0 Å². The molecule has 2 aromatic rings. The van der Waals surface area contributed by atoms with Crippen molar-refractivity contribution in [3.05, 3.63) is 47.1 Å². The molecule has 2 heterocycles. The van der Waals surface area contributed by atoms with Crippen molar-refractivity contribution in [2.24, 2.45) is 0 Å². The van der Waals surface area contributed by atoms with Gasteiger partial charge in [-0.3, -0.25) is 9.69 Å². The lowest BCUT2D eigenvalue weighted by molar-refractivity contribution is 0.0939. The maximum atomic E-state index is 13.8. The van der Waals surface area contributed by atoms with Crippen LogP contribution in [0.25, 0.3) is 0 Å². The first-order valence-electron chi connectivity index (χ1n) is 8.20. The van der Waals surface area contributed by atoms with Gasteiger partial charge in [-0.1, -0.05) is 17.3 Å². The second-order valence-electron chi connectivity index (χ2n) is 6.21. The summed E-state index contributed by atoms with van der Waals surface area (Å²) in [6, 6.07) is 6.66. The lowest BCUT2D eigenvalue weighted by atomic mass is 10.1. The van der Waals surface area contributed by atoms with Crippen LogP contribution < -0.4 is 5.32 Å². The Morgan fingerprint density at radius 2 is 2.36 bits per heavy atom. The van der Waals surface area contributed by atoms with E-state index in [1.807, 2.05) is 4.90 Å². The number of carbonyl (C=O) groups excluding carboxylic acids is 1. The van der Waals surface area contributed by atoms with Crippen molar-refractivity contribution in [2.45, 2.75) is 38.7 Å². The summed E-state index contributed by atoms with van der Waals surface area (Å²) in [4.78, 5) is 18.3. The summed E-state index contributed by atoms with van der Waals surface area (Å²) >= 11 is 0. The van der Waals surface area contributed by atoms with E-state index in [2.05, 4.69) is 15.5 Å². The molecule has 0 saturated carbocycles. The van der Waals surface area contributed by atoms with Crippen molar-refractivity contribution < 1.29 is 18.8 Å². The Balaban J connectivity index is 1.59. The van der Waals surface area contributed by atoms with Crippen molar-refractivity contribution in [3.63, 3.8) is 0 Å². The number of hydrogen-bond donors (Lipinski definition) is 2. The highest BCUT2D eigenvalue weighted by atomic mass is 19.1. The third-order valence-corrected chi connectivity index (χ3v) is 4.26. The fourth-order valence-electron chi connectivity index (χ4n) is 3.04. The summed E-state index contributed by atoms with van der Waals surface area (Å²) in [5, 5.41) is 15.8. The van der Waals surface area contributed by atoms with Crippen molar-refractivity contribution >= 4 is 5.91 Å². The van der Waals surface area contributed by atoms with Gasteiger partial charge in [-0.25, -0.2) is 4.39 Å². The maximum absolute atomic E-state index is 13.8. The summed E-state index contributed by atoms with van der Waals surface area (Å²) in [6.45, 7) is 2.59. The number of hydrogen-bond acceptors (Lipinski definition) is 6. The van der Waals surface area contributed by atoms with E-state index in [4.69, 9.17) is 9.63 Å². The summed E-state index contributed by atoms with van der Waals surface area (Å²) < 4.78 is 18.8. The van der Waals surface area contributed by atoms with Crippen molar-refractivity contribution in [1.29, 1.82) is 0 Å². The lowest BCUT2D eigenvalue weighted by Gasteiger charge is -2.22. The standard InChI is InChI=1S/C17H21FN4O3/c1-11-20-16(21-25-11)9-22-8-14(18)6-15(22)7-19-17(24)13-4-2-3-12(5-13)10-23/h2-5,14-15,23H,6-10H2,1H3,(H,19,24)/t14-,15-/m0/s1. The Morgan fingerprint density at radius 1 is 1.52 bits per heavy atom. The van der Waals surface area contributed by atoms with Crippen LogP contribution in [0.2, 0.25) is 0 Å². The number of aromatic nitrogens is 2. The first kappa shape index (κ1) is 17.5. The van der Waals surface area contributed by atoms with Crippen LogP contribution in [0.4, 0.5) is 4.39 Å². The molecule has 2 N–H and O–H groups in total. The first-order valence-corrected chi connectivity index (χ1v) is 8.20. The van der Waals surface area contributed by atoms with Crippen LogP contribution in [-0.2, 0) is 13.2 Å². The zero-order valence-electron chi connectivity index (χ0n) is 14.0. The highest BCUT2D eigenvalue weighted by Crippen LogP contribution is 2.21. The highest BCUT2D eigenvalue weighted by Gasteiger charge is 2.33. The van der Waals surface area contributed by atoms with E-state index in [1.165, 1.54) is 0 Å². The van der Waals surface area contributed by atoms with Gasteiger partial charge in [0, 0.05) is 31.6 Å². The molecule has 0 spiro atoms. The largest absolute Gasteiger partial charge is 0.392 e. The number of nitrogens with zero attached hydrogens (tertiary/aromatic N) is 3. The van der Waals surface area contributed by atoms with E-state index >= 15 is 0 Å². The Hall–Kier alpha value is -2.32. The average molecular weight is 348 g/mol. The number of carbonyl (C=O) groups is 1. The zero-order valence-corrected chi connectivity index (χ0v) is 14.0. The summed E-state index contributed by atoms with van der Waals surface area (Å²) in [6.07, 6.45) is -0.582. The SMILES string of the molecule is Cc1nc(CN2C[C@@H](F)C[C@H]2CNC(=O)c2cccc(CO)c2)no1. The normalized spacial score (nSPS) is 20.8. The molecule has 1 aliphatic rings. The molecule has 0 radical (unpaired) electrons. The predicted octanol–water partition coefficient (Wildman–Crippen LogP) is 1.21. The Labute approximate surface area is 144 Å². The van der Waals surface area contributed by atoms with Crippen LogP contribution in [0.5, 0.6) is 0 Å². The van der Waals surface area contributed by atoms with Crippen molar-refractivity contribution in [1.82, 2.24) is 20.4 Å². The molecule has 134 valence electrons. The number of rotatable bonds is 6. The maximum Gasteiger partial charge on any atom is 0.251 e. The monoisotopic (exact) mass is 348 g/mol. The van der Waals surface area contributed by atoms with Crippen LogP contribution in [0.3, 0.4) is 0 Å². The van der Waals surface area contributed by atoms with E-state index in [1.54, 1.807) is 31.2 Å². The van der Waals surface area contributed by atoms with E-state index in [9.17, 15) is 9.18 Å². The minimum absolute atomic E-state index is 0.120. The quantitative estimate of drug-likeness (QED) is 0.815. The third-order valence-electron chi connectivity index (χ3n) is 4.26. The van der Waals surface area contributed by atoms with Gasteiger partial charge in [-0.05, 0) is 24.1 Å². The molecule has 7 nitrogen and oxygen atoms in total. The fourth-order valence-corrected chi connectivity index (χ4v) is 3.04. The van der Waals surface area contributed by atoms with E-state index in [-0.39, 0.29) is 25.1 Å². The molecular formula is C17H21FN4O3. The van der Waals surface area contributed by atoms with Crippen molar-refractivity contribution in [2.75, 3.05) is 13.1 Å². The van der Waals surface area contributed by atoms with Gasteiger partial charge in [0.1, 0.15) is 6.17 Å². The number of nitrogens with one attached hydrogen (secondary N) is 1. The molecule has 1 aliphatic heterocycles. The minimum Gasteiger partial charge on any atom is -0.392 e. The highest BCUT2D eigenvalue weighted by molar-refractivity contribution is 5.94. The average Bonchev–Trinajstić information content (AvgIpc) is 3.18. The molecule has 25 heavy (non-hydrogen) atoms. The van der Waals surface area contributed by atoms with Gasteiger partial charge in [0.25, 0.3) is 5.91 Å². The number of amides is 1.